The molecule has 0 N–H and O–H groups in total. The van der Waals surface area contributed by atoms with Crippen LogP contribution in [-0.4, -0.2) is 12.7 Å². The molecule has 0 aromatic heterocycles. The topological polar surface area (TPSA) is 33.0 Å². The van der Waals surface area contributed by atoms with Gasteiger partial charge >= 0.3 is 0 Å². The average molecular weight is 392 g/mol. The third kappa shape index (κ3) is 9.55. The Balaban J connectivity index is 1.49. The van der Waals surface area contributed by atoms with Gasteiger partial charge in [0.25, 0.3) is 0 Å². The number of rotatable bonds is 12. The minimum Gasteiger partial charge on any atom is -0.378 e. The molecule has 0 unspecified atom stereocenters. The van der Waals surface area contributed by atoms with Crippen molar-refractivity contribution in [2.45, 2.75) is 116 Å². The minimum absolute atomic E-state index is 0.443. The maximum Gasteiger partial charge on any atom is 0.196 e. The van der Waals surface area contributed by atoms with Crippen molar-refractivity contribution in [3.05, 3.63) is 11.9 Å². The second-order valence-corrected chi connectivity index (χ2v) is 9.31. The summed E-state index contributed by atoms with van der Waals surface area (Å²) in [4.78, 5) is 0. The van der Waals surface area contributed by atoms with Gasteiger partial charge in [0.15, 0.2) is 5.83 Å². The quantitative estimate of drug-likeness (QED) is 0.250. The van der Waals surface area contributed by atoms with E-state index in [1.54, 1.807) is 6.07 Å². The van der Waals surface area contributed by atoms with E-state index in [1.165, 1.54) is 83.1 Å². The number of hydrogen-bond acceptors (Lipinski definition) is 2. The van der Waals surface area contributed by atoms with Crippen LogP contribution in [0.4, 0.5) is 4.39 Å². The van der Waals surface area contributed by atoms with Gasteiger partial charge in [-0.2, -0.15) is 9.65 Å². The van der Waals surface area contributed by atoms with Crippen LogP contribution in [0.15, 0.2) is 11.9 Å². The molecule has 0 bridgehead atoms. The summed E-state index contributed by atoms with van der Waals surface area (Å²) in [6.45, 7) is 3.25. The Morgan fingerprint density at radius 2 is 1.50 bits per heavy atom. The van der Waals surface area contributed by atoms with Gasteiger partial charge in [-0.05, 0) is 75.2 Å². The number of halogens is 1. The molecule has 2 aliphatic carbocycles. The van der Waals surface area contributed by atoms with Crippen LogP contribution in [-0.2, 0) is 4.74 Å². The number of allylic oxidation sites excluding steroid dienone is 2. The molecule has 0 spiro atoms. The van der Waals surface area contributed by atoms with Crippen molar-refractivity contribution in [2.75, 3.05) is 6.61 Å². The zero-order chi connectivity index (χ0) is 20.0. The lowest BCUT2D eigenvalue weighted by Gasteiger charge is -2.32. The molecular formula is C25H42FNO. The molecule has 2 rings (SSSR count). The summed E-state index contributed by atoms with van der Waals surface area (Å²) < 4.78 is 19.1. The molecule has 0 heterocycles. The molecular weight excluding hydrogens is 349 g/mol. The van der Waals surface area contributed by atoms with Crippen LogP contribution in [0.2, 0.25) is 0 Å². The Morgan fingerprint density at radius 3 is 2.18 bits per heavy atom. The summed E-state index contributed by atoms with van der Waals surface area (Å²) in [5.41, 5.74) is 0. The van der Waals surface area contributed by atoms with Crippen LogP contribution in [0.5, 0.6) is 0 Å². The van der Waals surface area contributed by atoms with E-state index in [9.17, 15) is 4.39 Å². The highest BCUT2D eigenvalue weighted by atomic mass is 19.1. The second-order valence-electron chi connectivity index (χ2n) is 9.31. The first-order valence-electron chi connectivity index (χ1n) is 12.1. The summed E-state index contributed by atoms with van der Waals surface area (Å²) in [6.07, 6.45) is 22.3. The van der Waals surface area contributed by atoms with E-state index in [0.29, 0.717) is 18.4 Å². The van der Waals surface area contributed by atoms with E-state index < -0.39 is 5.83 Å². The molecule has 0 aromatic carbocycles. The van der Waals surface area contributed by atoms with Crippen LogP contribution in [0.1, 0.15) is 110 Å². The van der Waals surface area contributed by atoms with Crippen molar-refractivity contribution in [3.63, 3.8) is 0 Å². The zero-order valence-electron chi connectivity index (χ0n) is 18.1. The molecule has 0 aliphatic heterocycles. The first-order chi connectivity index (χ1) is 13.7. The van der Waals surface area contributed by atoms with Crippen molar-refractivity contribution in [3.8, 4) is 6.07 Å². The van der Waals surface area contributed by atoms with Crippen LogP contribution in [0.25, 0.3) is 0 Å². The van der Waals surface area contributed by atoms with Crippen molar-refractivity contribution in [2.24, 2.45) is 17.8 Å². The van der Waals surface area contributed by atoms with Crippen molar-refractivity contribution >= 4 is 0 Å². The van der Waals surface area contributed by atoms with Gasteiger partial charge in [-0.3, -0.25) is 0 Å². The molecule has 0 amide bonds. The predicted octanol–water partition coefficient (Wildman–Crippen LogP) is 7.89. The number of hydrogen-bond donors (Lipinski definition) is 0. The highest BCUT2D eigenvalue weighted by molar-refractivity contribution is 5.11. The van der Waals surface area contributed by atoms with E-state index in [1.807, 2.05) is 0 Å². The molecule has 0 saturated heterocycles. The second kappa shape index (κ2) is 14.2. The smallest absolute Gasteiger partial charge is 0.196 e. The summed E-state index contributed by atoms with van der Waals surface area (Å²) in [7, 11) is 0. The summed E-state index contributed by atoms with van der Waals surface area (Å²) in [6, 6.07) is 1.55. The number of nitrogens with zero attached hydrogens (tertiary/aromatic N) is 1. The van der Waals surface area contributed by atoms with Gasteiger partial charge in [0.2, 0.25) is 0 Å². The van der Waals surface area contributed by atoms with E-state index in [4.69, 9.17) is 10.00 Å². The van der Waals surface area contributed by atoms with Gasteiger partial charge < -0.3 is 4.74 Å². The third-order valence-corrected chi connectivity index (χ3v) is 7.05. The lowest BCUT2D eigenvalue weighted by atomic mass is 9.80. The number of unbranched alkanes of at least 4 members (excludes halogenated alkanes) is 4. The highest BCUT2D eigenvalue weighted by Gasteiger charge is 2.25. The Labute approximate surface area is 172 Å². The Bertz CT molecular complexity index is 467. The van der Waals surface area contributed by atoms with E-state index in [0.717, 1.165) is 37.7 Å². The Kier molecular flexibility index (Phi) is 11.8. The van der Waals surface area contributed by atoms with Crippen LogP contribution in [0.3, 0.4) is 0 Å². The lowest BCUT2D eigenvalue weighted by molar-refractivity contribution is -0.0102. The van der Waals surface area contributed by atoms with Crippen molar-refractivity contribution in [1.82, 2.24) is 0 Å². The summed E-state index contributed by atoms with van der Waals surface area (Å²) in [5.74, 6) is 1.81. The van der Waals surface area contributed by atoms with Gasteiger partial charge in [0.1, 0.15) is 6.07 Å². The fraction of sp³-hybridized carbons (Fsp3) is 0.880. The van der Waals surface area contributed by atoms with E-state index in [2.05, 4.69) is 6.92 Å². The lowest BCUT2D eigenvalue weighted by Crippen LogP contribution is -2.26. The highest BCUT2D eigenvalue weighted by Crippen LogP contribution is 2.34. The summed E-state index contributed by atoms with van der Waals surface area (Å²) in [5, 5.41) is 8.44. The fourth-order valence-electron chi connectivity index (χ4n) is 5.07. The molecule has 28 heavy (non-hydrogen) atoms. The van der Waals surface area contributed by atoms with E-state index >= 15 is 0 Å². The van der Waals surface area contributed by atoms with Crippen molar-refractivity contribution in [1.29, 1.82) is 5.26 Å². The molecule has 0 aromatic rings. The third-order valence-electron chi connectivity index (χ3n) is 7.05. The van der Waals surface area contributed by atoms with Crippen LogP contribution >= 0.6 is 0 Å². The molecule has 0 atom stereocenters. The van der Waals surface area contributed by atoms with Crippen LogP contribution < -0.4 is 0 Å². The SMILES string of the molecule is CCCCCCCC1CCC(COC2CCC(CCC=C(F)C#N)CC2)CC1. The van der Waals surface area contributed by atoms with Crippen molar-refractivity contribution < 1.29 is 9.13 Å². The van der Waals surface area contributed by atoms with Gasteiger partial charge in [0.05, 0.1) is 6.10 Å². The first-order valence-corrected chi connectivity index (χ1v) is 12.1. The number of ether oxygens (including phenoxy) is 1. The molecule has 2 saturated carbocycles. The minimum atomic E-state index is -0.636. The Morgan fingerprint density at radius 1 is 0.893 bits per heavy atom. The van der Waals surface area contributed by atoms with Gasteiger partial charge in [-0.25, -0.2) is 0 Å². The van der Waals surface area contributed by atoms with Gasteiger partial charge in [-0.15, -0.1) is 0 Å². The van der Waals surface area contributed by atoms with Gasteiger partial charge in [-0.1, -0.05) is 58.3 Å². The molecule has 2 aliphatic rings. The van der Waals surface area contributed by atoms with Gasteiger partial charge in [0, 0.05) is 6.61 Å². The maximum atomic E-state index is 12.8. The molecule has 2 nitrogen and oxygen atoms in total. The zero-order valence-corrected chi connectivity index (χ0v) is 18.1. The fourth-order valence-corrected chi connectivity index (χ4v) is 5.07. The Hall–Kier alpha value is -0.880. The van der Waals surface area contributed by atoms with E-state index in [-0.39, 0.29) is 0 Å². The number of nitriles is 1. The molecule has 2 fully saturated rings. The predicted molar refractivity (Wildman–Crippen MR) is 115 cm³/mol. The largest absolute Gasteiger partial charge is 0.378 e. The monoisotopic (exact) mass is 391 g/mol. The normalized spacial score (nSPS) is 28.8. The van der Waals surface area contributed by atoms with Crippen LogP contribution in [0, 0.1) is 29.1 Å². The molecule has 160 valence electrons. The summed E-state index contributed by atoms with van der Waals surface area (Å²) >= 11 is 0. The maximum absolute atomic E-state index is 12.8. The standard InChI is InChI=1S/C25H42FNO/c1-2-3-4-5-6-8-21-11-13-23(14-12-21)20-28-25-17-15-22(16-18-25)9-7-10-24(26)19-27/h10,21-23,25H,2-9,11-18,20H2,1H3. The molecule has 3 heteroatoms. The average Bonchev–Trinajstić information content (AvgIpc) is 2.73. The molecule has 0 radical (unpaired) electrons. The first kappa shape index (κ1) is 23.4.